The molecular formula is C13H16N2O2S. The van der Waals surface area contributed by atoms with Gasteiger partial charge in [0.25, 0.3) is 10.0 Å². The van der Waals surface area contributed by atoms with E-state index in [1.165, 1.54) is 6.42 Å². The van der Waals surface area contributed by atoms with Crippen LogP contribution in [0.3, 0.4) is 0 Å². The van der Waals surface area contributed by atoms with Crippen molar-refractivity contribution < 1.29 is 8.42 Å². The Morgan fingerprint density at radius 2 is 2.11 bits per heavy atom. The third-order valence-corrected chi connectivity index (χ3v) is 4.89. The van der Waals surface area contributed by atoms with Gasteiger partial charge in [0.1, 0.15) is 4.90 Å². The van der Waals surface area contributed by atoms with Crippen molar-refractivity contribution >= 4 is 15.9 Å². The maximum atomic E-state index is 12.0. The average molecular weight is 264 g/mol. The number of sulfonamides is 1. The molecule has 0 N–H and O–H groups in total. The number of hydrogen-bond acceptors (Lipinski definition) is 3. The molecule has 2 heterocycles. The predicted octanol–water partition coefficient (Wildman–Crippen LogP) is 1.87. The van der Waals surface area contributed by atoms with Crippen molar-refractivity contribution in [2.75, 3.05) is 13.1 Å². The number of amidine groups is 1. The number of benzene rings is 1. The lowest BCUT2D eigenvalue weighted by atomic mass is 9.99. The van der Waals surface area contributed by atoms with E-state index in [-0.39, 0.29) is 0 Å². The quantitative estimate of drug-likeness (QED) is 0.718. The summed E-state index contributed by atoms with van der Waals surface area (Å²) in [6.07, 6.45) is 2.31. The van der Waals surface area contributed by atoms with Crippen LogP contribution in [0, 0.1) is 5.92 Å². The summed E-state index contributed by atoms with van der Waals surface area (Å²) in [5.41, 5.74) is 0.756. The average Bonchev–Trinajstić information content (AvgIpc) is 2.63. The summed E-state index contributed by atoms with van der Waals surface area (Å²) in [6.45, 7) is 3.98. The molecule has 1 saturated heterocycles. The molecule has 2 aliphatic heterocycles. The molecule has 0 bridgehead atoms. The molecule has 0 spiro atoms. The molecule has 1 aromatic carbocycles. The van der Waals surface area contributed by atoms with E-state index in [9.17, 15) is 8.42 Å². The number of fused-ring (bicyclic) bond motifs is 1. The van der Waals surface area contributed by atoms with Crippen LogP contribution in [-0.4, -0.2) is 32.2 Å². The molecule has 2 aliphatic rings. The second-order valence-electron chi connectivity index (χ2n) is 5.08. The molecule has 0 aliphatic carbocycles. The van der Waals surface area contributed by atoms with E-state index < -0.39 is 10.0 Å². The van der Waals surface area contributed by atoms with Crippen LogP contribution in [0.1, 0.15) is 25.3 Å². The third kappa shape index (κ3) is 1.82. The molecule has 0 amide bonds. The fourth-order valence-electron chi connectivity index (χ4n) is 2.70. The number of piperidine rings is 1. The third-order valence-electron chi connectivity index (χ3n) is 3.57. The topological polar surface area (TPSA) is 49.7 Å². The Labute approximate surface area is 107 Å². The normalized spacial score (nSPS) is 25.7. The largest absolute Gasteiger partial charge is 0.355 e. The van der Waals surface area contributed by atoms with E-state index in [2.05, 4.69) is 16.2 Å². The van der Waals surface area contributed by atoms with Crippen LogP contribution in [0.25, 0.3) is 0 Å². The molecular weight excluding hydrogens is 248 g/mol. The van der Waals surface area contributed by atoms with E-state index in [1.807, 2.05) is 12.1 Å². The van der Waals surface area contributed by atoms with E-state index >= 15 is 0 Å². The van der Waals surface area contributed by atoms with Crippen molar-refractivity contribution in [2.45, 2.75) is 24.7 Å². The maximum Gasteiger partial charge on any atom is 0.285 e. The van der Waals surface area contributed by atoms with Gasteiger partial charge < -0.3 is 4.90 Å². The zero-order valence-electron chi connectivity index (χ0n) is 10.3. The molecule has 18 heavy (non-hydrogen) atoms. The standard InChI is InChI=1S/C13H16N2O2S/c1-10-5-4-8-15(9-10)13-11-6-2-3-7-12(11)18(16,17)14-13/h2-3,6-7,10H,4-5,8-9H2,1H3/t10-/m1/s1. The summed E-state index contributed by atoms with van der Waals surface area (Å²) in [7, 11) is -3.48. The van der Waals surface area contributed by atoms with Gasteiger partial charge in [-0.05, 0) is 30.9 Å². The first-order valence-electron chi connectivity index (χ1n) is 6.27. The Bertz CT molecular complexity index is 607. The van der Waals surface area contributed by atoms with Gasteiger partial charge in [0.15, 0.2) is 5.84 Å². The predicted molar refractivity (Wildman–Crippen MR) is 70.1 cm³/mol. The molecule has 4 nitrogen and oxygen atoms in total. The second-order valence-corrected chi connectivity index (χ2v) is 6.65. The van der Waals surface area contributed by atoms with Crippen molar-refractivity contribution in [2.24, 2.45) is 10.3 Å². The lowest BCUT2D eigenvalue weighted by Gasteiger charge is -2.32. The lowest BCUT2D eigenvalue weighted by molar-refractivity contribution is 0.274. The van der Waals surface area contributed by atoms with E-state index in [0.717, 1.165) is 25.1 Å². The lowest BCUT2D eigenvalue weighted by Crippen LogP contribution is -2.39. The highest BCUT2D eigenvalue weighted by Crippen LogP contribution is 2.29. The fourth-order valence-corrected chi connectivity index (χ4v) is 3.93. The number of likely N-dealkylation sites (tertiary alicyclic amines) is 1. The fraction of sp³-hybridized carbons (Fsp3) is 0.462. The van der Waals surface area contributed by atoms with Crippen molar-refractivity contribution in [1.82, 2.24) is 4.90 Å². The van der Waals surface area contributed by atoms with Crippen molar-refractivity contribution in [1.29, 1.82) is 0 Å². The maximum absolute atomic E-state index is 12.0. The van der Waals surface area contributed by atoms with E-state index in [4.69, 9.17) is 0 Å². The van der Waals surface area contributed by atoms with E-state index in [0.29, 0.717) is 16.6 Å². The van der Waals surface area contributed by atoms with Crippen LogP contribution >= 0.6 is 0 Å². The SMILES string of the molecule is C[C@@H]1CCCN(C2=NS(=O)(=O)c3ccccc32)C1. The van der Waals surface area contributed by atoms with Crippen molar-refractivity contribution in [3.63, 3.8) is 0 Å². The molecule has 1 atom stereocenters. The van der Waals surface area contributed by atoms with Crippen LogP contribution < -0.4 is 0 Å². The summed E-state index contributed by atoms with van der Waals surface area (Å²) in [4.78, 5) is 2.45. The molecule has 3 rings (SSSR count). The van der Waals surface area contributed by atoms with Gasteiger partial charge in [-0.25, -0.2) is 0 Å². The van der Waals surface area contributed by atoms with Crippen LogP contribution in [0.15, 0.2) is 33.6 Å². The Balaban J connectivity index is 2.04. The monoisotopic (exact) mass is 264 g/mol. The van der Waals surface area contributed by atoms with Crippen LogP contribution in [0.5, 0.6) is 0 Å². The minimum Gasteiger partial charge on any atom is -0.355 e. The number of rotatable bonds is 0. The number of hydrogen-bond donors (Lipinski definition) is 0. The summed E-state index contributed by atoms with van der Waals surface area (Å²) >= 11 is 0. The Kier molecular flexibility index (Phi) is 2.66. The zero-order chi connectivity index (χ0) is 12.8. The first kappa shape index (κ1) is 11.7. The smallest absolute Gasteiger partial charge is 0.285 e. The molecule has 1 aromatic rings. The van der Waals surface area contributed by atoms with Crippen molar-refractivity contribution in [3.8, 4) is 0 Å². The van der Waals surface area contributed by atoms with Gasteiger partial charge in [-0.15, -0.1) is 4.40 Å². The van der Waals surface area contributed by atoms with Gasteiger partial charge in [0.2, 0.25) is 0 Å². The minimum absolute atomic E-state index is 0.346. The first-order valence-corrected chi connectivity index (χ1v) is 7.71. The Morgan fingerprint density at radius 1 is 1.33 bits per heavy atom. The molecule has 96 valence electrons. The molecule has 0 aromatic heterocycles. The Hall–Kier alpha value is -1.36. The van der Waals surface area contributed by atoms with Crippen LogP contribution in [0.4, 0.5) is 0 Å². The van der Waals surface area contributed by atoms with Gasteiger partial charge in [-0.3, -0.25) is 0 Å². The highest BCUT2D eigenvalue weighted by molar-refractivity contribution is 7.90. The van der Waals surface area contributed by atoms with Gasteiger partial charge in [0.05, 0.1) is 0 Å². The van der Waals surface area contributed by atoms with Gasteiger partial charge >= 0.3 is 0 Å². The second kappa shape index (κ2) is 4.09. The minimum atomic E-state index is -3.48. The molecule has 1 fully saturated rings. The molecule has 5 heteroatoms. The molecule has 0 radical (unpaired) electrons. The Morgan fingerprint density at radius 3 is 2.89 bits per heavy atom. The molecule has 0 unspecified atom stereocenters. The summed E-state index contributed by atoms with van der Waals surface area (Å²) in [5, 5.41) is 0. The summed E-state index contributed by atoms with van der Waals surface area (Å²) < 4.78 is 27.9. The highest BCUT2D eigenvalue weighted by atomic mass is 32.2. The van der Waals surface area contributed by atoms with Gasteiger partial charge in [-0.1, -0.05) is 19.1 Å². The number of nitrogens with zero attached hydrogens (tertiary/aromatic N) is 2. The summed E-state index contributed by atoms with van der Waals surface area (Å²) in [5.74, 6) is 1.23. The van der Waals surface area contributed by atoms with Gasteiger partial charge in [-0.2, -0.15) is 8.42 Å². The van der Waals surface area contributed by atoms with Crippen molar-refractivity contribution in [3.05, 3.63) is 29.8 Å². The van der Waals surface area contributed by atoms with Gasteiger partial charge in [0, 0.05) is 18.7 Å². The highest BCUT2D eigenvalue weighted by Gasteiger charge is 2.32. The van der Waals surface area contributed by atoms with Crippen LogP contribution in [-0.2, 0) is 10.0 Å². The van der Waals surface area contributed by atoms with Crippen LogP contribution in [0.2, 0.25) is 0 Å². The molecule has 0 saturated carbocycles. The summed E-state index contributed by atoms with van der Waals surface area (Å²) in [6, 6.07) is 7.09. The zero-order valence-corrected chi connectivity index (χ0v) is 11.2. The first-order chi connectivity index (χ1) is 8.58. The van der Waals surface area contributed by atoms with E-state index in [1.54, 1.807) is 12.1 Å².